The second-order valence-electron chi connectivity index (χ2n) is 7.43. The lowest BCUT2D eigenvalue weighted by Gasteiger charge is -2.31. The topological polar surface area (TPSA) is 9.23 Å². The molecule has 0 spiro atoms. The van der Waals surface area contributed by atoms with Gasteiger partial charge >= 0.3 is 0 Å². The van der Waals surface area contributed by atoms with E-state index in [0.717, 1.165) is 24.4 Å². The zero-order valence-electron chi connectivity index (χ0n) is 14.2. The third kappa shape index (κ3) is 6.14. The van der Waals surface area contributed by atoms with Crippen molar-refractivity contribution in [3.05, 3.63) is 12.7 Å². The molecule has 0 N–H and O–H groups in total. The minimum atomic E-state index is 0.576. The summed E-state index contributed by atoms with van der Waals surface area (Å²) in [5.74, 6) is 3.04. The molecule has 0 amide bonds. The fourth-order valence-electron chi connectivity index (χ4n) is 4.46. The number of ether oxygens (including phenoxy) is 1. The van der Waals surface area contributed by atoms with E-state index in [-0.39, 0.29) is 0 Å². The van der Waals surface area contributed by atoms with Crippen LogP contribution in [0, 0.1) is 17.8 Å². The van der Waals surface area contributed by atoms with Crippen LogP contribution in [0.1, 0.15) is 84.0 Å². The Hall–Kier alpha value is -0.300. The highest BCUT2D eigenvalue weighted by Gasteiger charge is 2.24. The lowest BCUT2D eigenvalue weighted by Crippen LogP contribution is -2.22. The highest BCUT2D eigenvalue weighted by atomic mass is 16.5. The van der Waals surface area contributed by atoms with Crippen LogP contribution in [0.2, 0.25) is 0 Å². The van der Waals surface area contributed by atoms with Crippen molar-refractivity contribution in [3.8, 4) is 0 Å². The maximum Gasteiger partial charge on any atom is 0.0575 e. The Morgan fingerprint density at radius 1 is 0.810 bits per heavy atom. The first-order valence-corrected chi connectivity index (χ1v) is 9.54. The molecule has 0 aromatic carbocycles. The molecule has 0 aliphatic heterocycles. The molecule has 1 heteroatoms. The van der Waals surface area contributed by atoms with Gasteiger partial charge in [0.15, 0.2) is 0 Å². The molecule has 122 valence electrons. The normalized spacial score (nSPS) is 33.8. The van der Waals surface area contributed by atoms with Gasteiger partial charge in [-0.1, -0.05) is 44.6 Å². The summed E-state index contributed by atoms with van der Waals surface area (Å²) in [5, 5.41) is 0. The van der Waals surface area contributed by atoms with Crippen LogP contribution in [0.4, 0.5) is 0 Å². The van der Waals surface area contributed by atoms with Gasteiger partial charge in [0.05, 0.1) is 6.10 Å². The van der Waals surface area contributed by atoms with E-state index in [1.165, 1.54) is 77.0 Å². The Kier molecular flexibility index (Phi) is 7.85. The monoisotopic (exact) mass is 292 g/mol. The summed E-state index contributed by atoms with van der Waals surface area (Å²) in [6, 6.07) is 0. The second-order valence-corrected chi connectivity index (χ2v) is 7.43. The molecular weight excluding hydrogens is 256 g/mol. The Morgan fingerprint density at radius 3 is 1.76 bits per heavy atom. The molecule has 2 rings (SSSR count). The van der Waals surface area contributed by atoms with E-state index in [0.29, 0.717) is 6.10 Å². The molecular formula is C20H36O. The van der Waals surface area contributed by atoms with Crippen molar-refractivity contribution in [1.29, 1.82) is 0 Å². The van der Waals surface area contributed by atoms with Gasteiger partial charge in [0.25, 0.3) is 0 Å². The third-order valence-corrected chi connectivity index (χ3v) is 5.92. The minimum absolute atomic E-state index is 0.576. The molecule has 0 atom stereocenters. The highest BCUT2D eigenvalue weighted by molar-refractivity contribution is 4.78. The van der Waals surface area contributed by atoms with E-state index >= 15 is 0 Å². The highest BCUT2D eigenvalue weighted by Crippen LogP contribution is 2.36. The van der Waals surface area contributed by atoms with Gasteiger partial charge in [-0.2, -0.15) is 0 Å². The molecule has 2 aliphatic carbocycles. The Morgan fingerprint density at radius 2 is 1.29 bits per heavy atom. The molecule has 2 saturated carbocycles. The van der Waals surface area contributed by atoms with Crippen LogP contribution in [0.3, 0.4) is 0 Å². The molecule has 21 heavy (non-hydrogen) atoms. The average molecular weight is 293 g/mol. The van der Waals surface area contributed by atoms with Crippen LogP contribution in [0.25, 0.3) is 0 Å². The van der Waals surface area contributed by atoms with Gasteiger partial charge in [0, 0.05) is 6.61 Å². The van der Waals surface area contributed by atoms with Crippen molar-refractivity contribution >= 4 is 0 Å². The predicted octanol–water partition coefficient (Wildman–Crippen LogP) is 6.13. The molecule has 2 aliphatic rings. The molecule has 0 aromatic rings. The molecule has 0 bridgehead atoms. The molecule has 2 fully saturated rings. The van der Waals surface area contributed by atoms with Crippen LogP contribution in [-0.4, -0.2) is 12.7 Å². The Balaban J connectivity index is 1.55. The van der Waals surface area contributed by atoms with Crippen LogP contribution in [0.15, 0.2) is 12.7 Å². The van der Waals surface area contributed by atoms with Crippen molar-refractivity contribution in [2.24, 2.45) is 17.8 Å². The van der Waals surface area contributed by atoms with Crippen molar-refractivity contribution in [1.82, 2.24) is 0 Å². The smallest absolute Gasteiger partial charge is 0.0575 e. The van der Waals surface area contributed by atoms with Gasteiger partial charge in [0.1, 0.15) is 0 Å². The lowest BCUT2D eigenvalue weighted by atomic mass is 9.76. The second kappa shape index (κ2) is 9.66. The summed E-state index contributed by atoms with van der Waals surface area (Å²) in [5.41, 5.74) is 0. The van der Waals surface area contributed by atoms with Crippen LogP contribution >= 0.6 is 0 Å². The van der Waals surface area contributed by atoms with Crippen molar-refractivity contribution < 1.29 is 4.74 Å². The predicted molar refractivity (Wildman–Crippen MR) is 91.5 cm³/mol. The zero-order chi connectivity index (χ0) is 14.9. The number of allylic oxidation sites excluding steroid dienone is 1. The Labute approximate surface area is 132 Å². The summed E-state index contributed by atoms with van der Waals surface area (Å²) in [7, 11) is 0. The van der Waals surface area contributed by atoms with Crippen LogP contribution < -0.4 is 0 Å². The molecule has 0 unspecified atom stereocenters. The van der Waals surface area contributed by atoms with Crippen LogP contribution in [-0.2, 0) is 4.74 Å². The van der Waals surface area contributed by atoms with Gasteiger partial charge < -0.3 is 4.74 Å². The van der Waals surface area contributed by atoms with Gasteiger partial charge in [-0.25, -0.2) is 0 Å². The van der Waals surface area contributed by atoms with E-state index < -0.39 is 0 Å². The largest absolute Gasteiger partial charge is 0.379 e. The maximum absolute atomic E-state index is 5.76. The van der Waals surface area contributed by atoms with E-state index in [4.69, 9.17) is 4.74 Å². The number of rotatable bonds is 8. The van der Waals surface area contributed by atoms with Crippen molar-refractivity contribution in [2.75, 3.05) is 6.61 Å². The molecule has 0 aromatic heterocycles. The number of hydrogen-bond acceptors (Lipinski definition) is 1. The average Bonchev–Trinajstić information content (AvgIpc) is 2.53. The van der Waals surface area contributed by atoms with Crippen molar-refractivity contribution in [3.63, 3.8) is 0 Å². The third-order valence-electron chi connectivity index (χ3n) is 5.92. The van der Waals surface area contributed by atoms with Gasteiger partial charge in [-0.15, -0.1) is 6.58 Å². The fraction of sp³-hybridized carbons (Fsp3) is 0.900. The summed E-state index contributed by atoms with van der Waals surface area (Å²) in [6.07, 6.45) is 19.7. The molecule has 0 radical (unpaired) electrons. The van der Waals surface area contributed by atoms with E-state index in [1.54, 1.807) is 0 Å². The molecule has 0 heterocycles. The fourth-order valence-corrected chi connectivity index (χ4v) is 4.46. The molecule has 1 nitrogen and oxygen atoms in total. The van der Waals surface area contributed by atoms with Gasteiger partial charge in [0.2, 0.25) is 0 Å². The van der Waals surface area contributed by atoms with E-state index in [9.17, 15) is 0 Å². The SMILES string of the molecule is C=CCC[C@H]1CC[C@H](CC[C@H]2CC[C@H](OCC)CC2)CC1. The quantitative estimate of drug-likeness (QED) is 0.489. The number of hydrogen-bond donors (Lipinski definition) is 0. The van der Waals surface area contributed by atoms with Gasteiger partial charge in [-0.05, 0) is 63.2 Å². The first-order valence-electron chi connectivity index (χ1n) is 9.54. The summed E-state index contributed by atoms with van der Waals surface area (Å²) >= 11 is 0. The van der Waals surface area contributed by atoms with E-state index in [1.807, 2.05) is 0 Å². The summed E-state index contributed by atoms with van der Waals surface area (Å²) in [6.45, 7) is 6.86. The standard InChI is InChI=1S/C20H36O/c1-3-5-6-17-7-9-18(10-8-17)11-12-19-13-15-20(16-14-19)21-4-2/h3,17-20H,1,4-16H2,2H3/t17-,18-,19-,20-. The maximum atomic E-state index is 5.76. The Bertz CT molecular complexity index is 270. The van der Waals surface area contributed by atoms with E-state index in [2.05, 4.69) is 19.6 Å². The molecule has 0 saturated heterocycles. The first-order chi connectivity index (χ1) is 10.3. The minimum Gasteiger partial charge on any atom is -0.379 e. The van der Waals surface area contributed by atoms with Gasteiger partial charge in [-0.3, -0.25) is 0 Å². The van der Waals surface area contributed by atoms with Crippen molar-refractivity contribution in [2.45, 2.75) is 90.1 Å². The van der Waals surface area contributed by atoms with Crippen LogP contribution in [0.5, 0.6) is 0 Å². The summed E-state index contributed by atoms with van der Waals surface area (Å²) < 4.78 is 5.76. The lowest BCUT2D eigenvalue weighted by molar-refractivity contribution is 0.0238. The zero-order valence-corrected chi connectivity index (χ0v) is 14.2. The first kappa shape index (κ1) is 17.1. The summed E-state index contributed by atoms with van der Waals surface area (Å²) in [4.78, 5) is 0.